The van der Waals surface area contributed by atoms with E-state index in [9.17, 15) is 0 Å². The standard InChI is InChI=1S/C30H46ClNO2Si.2C6H6/c1-27(2,3)19-15-21(29(7,8)9)25-23(17-19)32(13)24-18-20(28(4,5)6)16-22(30(10,11)12)26(24)34-35(32,14,31)33-25;2*1-2-4-6-5-3-1/h15-18H,1-14H3;2*1-6H. The zero-order valence-corrected chi connectivity index (χ0v) is 33.1. The molecule has 47 heavy (non-hydrogen) atoms. The van der Waals surface area contributed by atoms with Crippen LogP contribution in [0.15, 0.2) is 97.1 Å². The van der Waals surface area contributed by atoms with Crippen molar-refractivity contribution in [3.05, 3.63) is 119 Å². The average Bonchev–Trinajstić information content (AvgIpc) is 3.27. The molecule has 0 fully saturated rings. The van der Waals surface area contributed by atoms with Crippen LogP contribution in [0.2, 0.25) is 6.55 Å². The fourth-order valence-corrected chi connectivity index (χ4v) is 10.3. The molecule has 3 nitrogen and oxygen atoms in total. The molecule has 254 valence electrons. The molecule has 0 N–H and O–H groups in total. The molecule has 0 aliphatic carbocycles. The van der Waals surface area contributed by atoms with Crippen LogP contribution >= 0.6 is 11.1 Å². The van der Waals surface area contributed by atoms with Gasteiger partial charge in [-0.1, -0.05) is 72.8 Å². The molecule has 0 amide bonds. The summed E-state index contributed by atoms with van der Waals surface area (Å²) in [6.45, 7) is 29.2. The number of benzene rings is 4. The molecule has 0 saturated heterocycles. The Labute approximate surface area is 290 Å². The second kappa shape index (κ2) is 12.1. The van der Waals surface area contributed by atoms with Crippen molar-refractivity contribution < 1.29 is 8.85 Å². The summed E-state index contributed by atoms with van der Waals surface area (Å²) in [6, 6.07) is 33.3. The summed E-state index contributed by atoms with van der Waals surface area (Å²) >= 11 is 7.75. The van der Waals surface area contributed by atoms with Crippen LogP contribution in [0.5, 0.6) is 11.5 Å². The largest absolute Gasteiger partial charge is 0.0623 e. The quantitative estimate of drug-likeness (QED) is 0.137. The fraction of sp³-hybridized carbons (Fsp3) is 0.429. The van der Waals surface area contributed by atoms with Crippen molar-refractivity contribution in [3.8, 4) is 11.5 Å². The van der Waals surface area contributed by atoms with Gasteiger partial charge in [0, 0.05) is 0 Å². The van der Waals surface area contributed by atoms with Crippen LogP contribution in [-0.4, -0.2) is 14.4 Å². The summed E-state index contributed by atoms with van der Waals surface area (Å²) in [7, 11) is -1.87. The van der Waals surface area contributed by atoms with Crippen molar-refractivity contribution in [2.24, 2.45) is 0 Å². The predicted molar refractivity (Wildman–Crippen MR) is 207 cm³/mol. The first-order chi connectivity index (χ1) is 21.4. The van der Waals surface area contributed by atoms with E-state index in [0.717, 1.165) is 22.9 Å². The van der Waals surface area contributed by atoms with Crippen molar-refractivity contribution in [2.75, 3.05) is 7.05 Å². The third-order valence-electron chi connectivity index (χ3n) is 9.43. The van der Waals surface area contributed by atoms with E-state index in [0.29, 0.717) is 4.15 Å². The van der Waals surface area contributed by atoms with Gasteiger partial charge in [0.15, 0.2) is 0 Å². The number of hydrogen-bond donors (Lipinski definition) is 0. The Kier molecular flexibility index (Phi) is 9.49. The molecule has 0 unspecified atom stereocenters. The van der Waals surface area contributed by atoms with Crippen LogP contribution in [0, 0.1) is 0 Å². The summed E-state index contributed by atoms with van der Waals surface area (Å²) < 4.78 is 14.3. The summed E-state index contributed by atoms with van der Waals surface area (Å²) in [5, 5.41) is 0. The van der Waals surface area contributed by atoms with Gasteiger partial charge in [0.05, 0.1) is 0 Å². The van der Waals surface area contributed by atoms with E-state index < -0.39 is 7.31 Å². The van der Waals surface area contributed by atoms with Gasteiger partial charge in [0.2, 0.25) is 0 Å². The van der Waals surface area contributed by atoms with E-state index in [1.165, 1.54) is 22.3 Å². The normalized spacial score (nSPS) is 19.9. The van der Waals surface area contributed by atoms with Crippen molar-refractivity contribution >= 4 is 29.8 Å². The van der Waals surface area contributed by atoms with E-state index in [-0.39, 0.29) is 21.7 Å². The smallest absolute Gasteiger partial charge is 0.0623 e. The maximum Gasteiger partial charge on any atom is -0.0623 e. The van der Waals surface area contributed by atoms with E-state index in [4.69, 9.17) is 19.9 Å². The van der Waals surface area contributed by atoms with Crippen molar-refractivity contribution in [1.29, 1.82) is 0 Å². The van der Waals surface area contributed by atoms with E-state index >= 15 is 0 Å². The van der Waals surface area contributed by atoms with E-state index in [1.807, 2.05) is 79.3 Å². The Balaban J connectivity index is 0.000000346. The monoisotopic (exact) mass is 671 g/mol. The Bertz CT molecular complexity index is 1530. The molecule has 0 bridgehead atoms. The van der Waals surface area contributed by atoms with Crippen LogP contribution in [0.25, 0.3) is 0 Å². The fourth-order valence-electron chi connectivity index (χ4n) is 6.17. The zero-order valence-electron chi connectivity index (χ0n) is 31.4. The number of hydrogen-bond acceptors (Lipinski definition) is 2. The molecule has 4 aromatic rings. The Hall–Kier alpha value is -3.05. The van der Waals surface area contributed by atoms with E-state index in [1.54, 1.807) is 0 Å². The Morgan fingerprint density at radius 1 is 0.468 bits per heavy atom. The van der Waals surface area contributed by atoms with Gasteiger partial charge in [-0.2, -0.15) is 0 Å². The predicted octanol–water partition coefficient (Wildman–Crippen LogP) is 12.6. The minimum Gasteiger partial charge on any atom is -0.0623 e. The molecule has 0 aromatic heterocycles. The molecule has 4 aromatic carbocycles. The second-order valence-electron chi connectivity index (χ2n) is 17.6. The first kappa shape index (κ1) is 36.8. The Morgan fingerprint density at radius 2 is 0.723 bits per heavy atom. The van der Waals surface area contributed by atoms with Crippen molar-refractivity contribution in [3.63, 3.8) is 0 Å². The molecule has 2 heterocycles. The number of fused-ring (bicyclic) bond motifs is 5. The van der Waals surface area contributed by atoms with Gasteiger partial charge >= 0.3 is 219 Å². The molecule has 2 aliphatic heterocycles. The first-order valence-corrected chi connectivity index (χ1v) is 20.7. The van der Waals surface area contributed by atoms with E-state index in [2.05, 4.69) is 114 Å². The molecular formula is C42H58ClNO2Si. The summed E-state index contributed by atoms with van der Waals surface area (Å²) in [6.07, 6.45) is 0. The first-order valence-electron chi connectivity index (χ1n) is 16.9. The van der Waals surface area contributed by atoms with Crippen LogP contribution in [0.1, 0.15) is 105 Å². The molecule has 2 aliphatic rings. The van der Waals surface area contributed by atoms with Crippen LogP contribution < -0.4 is 13.0 Å². The van der Waals surface area contributed by atoms with Crippen LogP contribution in [0.3, 0.4) is 0 Å². The third-order valence-corrected chi connectivity index (χ3v) is 14.7. The van der Waals surface area contributed by atoms with Gasteiger partial charge in [0.1, 0.15) is 0 Å². The second-order valence-corrected chi connectivity index (χ2v) is 24.1. The molecule has 6 rings (SSSR count). The van der Waals surface area contributed by atoms with Gasteiger partial charge in [-0.3, -0.25) is 0 Å². The Morgan fingerprint density at radius 3 is 0.936 bits per heavy atom. The topological polar surface area (TPSA) is 18.5 Å². The van der Waals surface area contributed by atoms with Gasteiger partial charge < -0.3 is 0 Å². The minimum absolute atomic E-state index is 0.0109. The summed E-state index contributed by atoms with van der Waals surface area (Å²) in [5.41, 5.74) is 7.00. The zero-order chi connectivity index (χ0) is 35.3. The number of nitrogens with zero attached hydrogens (tertiary/aromatic N) is 1. The average molecular weight is 672 g/mol. The van der Waals surface area contributed by atoms with Crippen LogP contribution in [0.4, 0.5) is 11.4 Å². The molecule has 0 spiro atoms. The number of halogens is 1. The third kappa shape index (κ3) is 7.07. The summed E-state index contributed by atoms with van der Waals surface area (Å²) in [4.78, 5) is 0. The van der Waals surface area contributed by atoms with Gasteiger partial charge in [-0.15, -0.1) is 0 Å². The maximum absolute atomic E-state index is 7.75. The van der Waals surface area contributed by atoms with Crippen molar-refractivity contribution in [2.45, 2.75) is 111 Å². The SMILES string of the molecule is CC(C)(C)c1cc(C(C)(C)C)c2c(c1)[N+]1(C)c3cc(C(C)(C)C)cc(C(C)(C)C)c3O[Si-]1(C)(Cl)O2.c1ccccc1.c1ccccc1. The molecular weight excluding hydrogens is 614 g/mol. The van der Waals surface area contributed by atoms with Gasteiger partial charge in [0.25, 0.3) is 0 Å². The maximum atomic E-state index is 7.75. The number of rotatable bonds is 0. The van der Waals surface area contributed by atoms with Gasteiger partial charge in [-0.05, 0) is 0 Å². The molecule has 5 heteroatoms. The molecule has 0 atom stereocenters. The van der Waals surface area contributed by atoms with Crippen LogP contribution in [-0.2, 0) is 21.7 Å². The van der Waals surface area contributed by atoms with Gasteiger partial charge in [-0.25, -0.2) is 0 Å². The number of quaternary nitrogens is 1. The van der Waals surface area contributed by atoms with Crippen molar-refractivity contribution in [1.82, 2.24) is 4.15 Å². The minimum atomic E-state index is -4.09. The summed E-state index contributed by atoms with van der Waals surface area (Å²) in [5.74, 6) is 1.81. The molecule has 0 saturated carbocycles. The molecule has 0 radical (unpaired) electrons.